The third kappa shape index (κ3) is 3.23. The highest BCUT2D eigenvalue weighted by atomic mass is 35.5. The van der Waals surface area contributed by atoms with Crippen molar-refractivity contribution in [3.05, 3.63) is 46.0 Å². The van der Waals surface area contributed by atoms with E-state index in [2.05, 4.69) is 9.97 Å². The zero-order valence-electron chi connectivity index (χ0n) is 10.8. The van der Waals surface area contributed by atoms with Crippen LogP contribution in [0, 0.1) is 5.82 Å². The lowest BCUT2D eigenvalue weighted by Gasteiger charge is -2.18. The second-order valence-corrected chi connectivity index (χ2v) is 6.07. The van der Waals surface area contributed by atoms with Crippen LogP contribution in [-0.2, 0) is 5.41 Å². The molecule has 2 rings (SSSR count). The Labute approximate surface area is 121 Å². The smallest absolute Gasteiger partial charge is 0.162 e. The van der Waals surface area contributed by atoms with Crippen molar-refractivity contribution < 1.29 is 4.39 Å². The minimum Gasteiger partial charge on any atom is -0.232 e. The van der Waals surface area contributed by atoms with Crippen molar-refractivity contribution in [1.29, 1.82) is 0 Å². The van der Waals surface area contributed by atoms with Gasteiger partial charge in [-0.05, 0) is 24.3 Å². The standard InChI is InChI=1S/C14H13Cl2FN2/c1-14(2,3)11-7-12(16)19-13(18-11)9-5-4-8(17)6-10(9)15/h4-7H,1-3H3. The van der Waals surface area contributed by atoms with E-state index >= 15 is 0 Å². The minimum atomic E-state index is -0.396. The fourth-order valence-electron chi connectivity index (χ4n) is 1.59. The van der Waals surface area contributed by atoms with Gasteiger partial charge in [-0.2, -0.15) is 0 Å². The van der Waals surface area contributed by atoms with Gasteiger partial charge in [-0.3, -0.25) is 0 Å². The fourth-order valence-corrected chi connectivity index (χ4v) is 2.03. The lowest BCUT2D eigenvalue weighted by Crippen LogP contribution is -2.14. The molecule has 0 aliphatic carbocycles. The molecule has 0 spiro atoms. The second-order valence-electron chi connectivity index (χ2n) is 5.27. The van der Waals surface area contributed by atoms with Gasteiger partial charge in [-0.1, -0.05) is 44.0 Å². The molecule has 1 aromatic heterocycles. The zero-order valence-corrected chi connectivity index (χ0v) is 12.3. The first-order valence-electron chi connectivity index (χ1n) is 5.78. The summed E-state index contributed by atoms with van der Waals surface area (Å²) in [6.45, 7) is 6.09. The second kappa shape index (κ2) is 5.06. The number of halogens is 3. The van der Waals surface area contributed by atoms with Crippen molar-refractivity contribution in [2.45, 2.75) is 26.2 Å². The number of hydrogen-bond donors (Lipinski definition) is 0. The molecule has 5 heteroatoms. The Morgan fingerprint density at radius 3 is 2.32 bits per heavy atom. The third-order valence-electron chi connectivity index (χ3n) is 2.64. The molecule has 1 aromatic carbocycles. The molecule has 0 atom stereocenters. The Kier molecular flexibility index (Phi) is 3.79. The van der Waals surface area contributed by atoms with Gasteiger partial charge in [0, 0.05) is 11.0 Å². The van der Waals surface area contributed by atoms with Gasteiger partial charge in [0.15, 0.2) is 5.82 Å². The molecule has 0 saturated heterocycles. The average molecular weight is 299 g/mol. The molecule has 0 fully saturated rings. The molecule has 19 heavy (non-hydrogen) atoms. The molecular weight excluding hydrogens is 286 g/mol. The minimum absolute atomic E-state index is 0.159. The van der Waals surface area contributed by atoms with Gasteiger partial charge < -0.3 is 0 Å². The van der Waals surface area contributed by atoms with Crippen LogP contribution in [-0.4, -0.2) is 9.97 Å². The van der Waals surface area contributed by atoms with Crippen LogP contribution in [0.25, 0.3) is 11.4 Å². The molecule has 0 bridgehead atoms. The first-order valence-corrected chi connectivity index (χ1v) is 6.53. The first-order chi connectivity index (χ1) is 8.77. The van der Waals surface area contributed by atoms with E-state index in [-0.39, 0.29) is 10.4 Å². The van der Waals surface area contributed by atoms with E-state index < -0.39 is 5.82 Å². The molecule has 2 aromatic rings. The molecule has 100 valence electrons. The number of hydrogen-bond acceptors (Lipinski definition) is 2. The molecule has 0 aliphatic rings. The molecular formula is C14H13Cl2FN2. The summed E-state index contributed by atoms with van der Waals surface area (Å²) in [6.07, 6.45) is 0. The maximum absolute atomic E-state index is 13.1. The number of aromatic nitrogens is 2. The van der Waals surface area contributed by atoms with Gasteiger partial charge in [0.2, 0.25) is 0 Å². The van der Waals surface area contributed by atoms with Gasteiger partial charge in [0.1, 0.15) is 11.0 Å². The normalized spacial score (nSPS) is 11.7. The van der Waals surface area contributed by atoms with Gasteiger partial charge in [-0.25, -0.2) is 14.4 Å². The van der Waals surface area contributed by atoms with Crippen LogP contribution < -0.4 is 0 Å². The number of benzene rings is 1. The van der Waals surface area contributed by atoms with Crippen LogP contribution in [0.3, 0.4) is 0 Å². The highest BCUT2D eigenvalue weighted by molar-refractivity contribution is 6.33. The first kappa shape index (κ1) is 14.2. The Morgan fingerprint density at radius 1 is 1.05 bits per heavy atom. The highest BCUT2D eigenvalue weighted by Gasteiger charge is 2.19. The van der Waals surface area contributed by atoms with Crippen LogP contribution >= 0.6 is 23.2 Å². The van der Waals surface area contributed by atoms with Gasteiger partial charge in [0.25, 0.3) is 0 Å². The molecule has 0 radical (unpaired) electrons. The van der Waals surface area contributed by atoms with Gasteiger partial charge in [-0.15, -0.1) is 0 Å². The Balaban J connectivity index is 2.59. The molecule has 1 heterocycles. The monoisotopic (exact) mass is 298 g/mol. The predicted molar refractivity (Wildman–Crippen MR) is 76.1 cm³/mol. The summed E-state index contributed by atoms with van der Waals surface area (Å²) in [4.78, 5) is 8.62. The summed E-state index contributed by atoms with van der Waals surface area (Å²) >= 11 is 12.0. The summed E-state index contributed by atoms with van der Waals surface area (Å²) < 4.78 is 13.1. The largest absolute Gasteiger partial charge is 0.232 e. The fraction of sp³-hybridized carbons (Fsp3) is 0.286. The summed E-state index contributed by atoms with van der Waals surface area (Å²) in [5, 5.41) is 0.609. The van der Waals surface area contributed by atoms with Crippen LogP contribution in [0.2, 0.25) is 10.2 Å². The van der Waals surface area contributed by atoms with Crippen LogP contribution in [0.1, 0.15) is 26.5 Å². The van der Waals surface area contributed by atoms with E-state index in [1.807, 2.05) is 20.8 Å². The van der Waals surface area contributed by atoms with Crippen molar-refractivity contribution >= 4 is 23.2 Å². The molecule has 0 N–H and O–H groups in total. The van der Waals surface area contributed by atoms with E-state index in [9.17, 15) is 4.39 Å². The van der Waals surface area contributed by atoms with E-state index in [0.29, 0.717) is 16.5 Å². The Morgan fingerprint density at radius 2 is 1.74 bits per heavy atom. The molecule has 0 aliphatic heterocycles. The Hall–Kier alpha value is -1.19. The number of nitrogens with zero attached hydrogens (tertiary/aromatic N) is 2. The van der Waals surface area contributed by atoms with Crippen LogP contribution in [0.5, 0.6) is 0 Å². The van der Waals surface area contributed by atoms with E-state index in [1.165, 1.54) is 12.1 Å². The Bertz CT molecular complexity index is 621. The SMILES string of the molecule is CC(C)(C)c1cc(Cl)nc(-c2ccc(F)cc2Cl)n1. The lowest BCUT2D eigenvalue weighted by molar-refractivity contribution is 0.568. The summed E-state index contributed by atoms with van der Waals surface area (Å²) in [5.74, 6) is 0.00856. The topological polar surface area (TPSA) is 25.8 Å². The maximum atomic E-state index is 13.1. The summed E-state index contributed by atoms with van der Waals surface area (Å²) in [6, 6.07) is 5.83. The van der Waals surface area contributed by atoms with Crippen molar-refractivity contribution in [2.75, 3.05) is 0 Å². The third-order valence-corrected chi connectivity index (χ3v) is 3.14. The van der Waals surface area contributed by atoms with Crippen molar-refractivity contribution in [2.24, 2.45) is 0 Å². The van der Waals surface area contributed by atoms with Gasteiger partial charge >= 0.3 is 0 Å². The van der Waals surface area contributed by atoms with Gasteiger partial charge in [0.05, 0.1) is 10.7 Å². The van der Waals surface area contributed by atoms with Crippen molar-refractivity contribution in [1.82, 2.24) is 9.97 Å². The summed E-state index contributed by atoms with van der Waals surface area (Å²) in [5.41, 5.74) is 1.22. The zero-order chi connectivity index (χ0) is 14.2. The quantitative estimate of drug-likeness (QED) is 0.701. The molecule has 0 unspecified atom stereocenters. The van der Waals surface area contributed by atoms with Crippen molar-refractivity contribution in [3.8, 4) is 11.4 Å². The van der Waals surface area contributed by atoms with E-state index in [0.717, 1.165) is 5.69 Å². The van der Waals surface area contributed by atoms with E-state index in [4.69, 9.17) is 23.2 Å². The predicted octanol–water partition coefficient (Wildman–Crippen LogP) is 4.89. The summed E-state index contributed by atoms with van der Waals surface area (Å²) in [7, 11) is 0. The average Bonchev–Trinajstić information content (AvgIpc) is 2.26. The molecule has 2 nitrogen and oxygen atoms in total. The molecule has 0 saturated carbocycles. The number of rotatable bonds is 1. The lowest BCUT2D eigenvalue weighted by atomic mass is 9.92. The van der Waals surface area contributed by atoms with E-state index in [1.54, 1.807) is 12.1 Å². The van der Waals surface area contributed by atoms with Crippen molar-refractivity contribution in [3.63, 3.8) is 0 Å². The van der Waals surface area contributed by atoms with Crippen LogP contribution in [0.4, 0.5) is 4.39 Å². The van der Waals surface area contributed by atoms with Crippen LogP contribution in [0.15, 0.2) is 24.3 Å². The highest BCUT2D eigenvalue weighted by Crippen LogP contribution is 2.29. The maximum Gasteiger partial charge on any atom is 0.162 e. The molecule has 0 amide bonds.